The van der Waals surface area contributed by atoms with Crippen molar-refractivity contribution in [2.24, 2.45) is 22.1 Å². The summed E-state index contributed by atoms with van der Waals surface area (Å²) in [4.78, 5) is 62.4. The number of nitrogens with zero attached hydrogens (tertiary/aromatic N) is 7. The van der Waals surface area contributed by atoms with Gasteiger partial charge in [-0.3, -0.25) is 29.4 Å². The highest BCUT2D eigenvalue weighted by Gasteiger charge is 2.40. The number of carbonyl (C=O) groups is 4. The molecule has 296 valence electrons. The molecule has 4 fully saturated rings. The molecule has 2 N–H and O–H groups in total. The van der Waals surface area contributed by atoms with Crippen LogP contribution in [0.5, 0.6) is 5.75 Å². The van der Waals surface area contributed by atoms with Gasteiger partial charge in [-0.2, -0.15) is 15.5 Å². The molecule has 1 aliphatic carbocycles. The number of nitrogens with one attached hydrogen (secondary N) is 2. The number of hydrogen-bond donors (Lipinski definition) is 2. The van der Waals surface area contributed by atoms with Crippen LogP contribution in [0.3, 0.4) is 0 Å². The van der Waals surface area contributed by atoms with Crippen LogP contribution in [-0.4, -0.2) is 97.4 Å². The highest BCUT2D eigenvalue weighted by atomic mass is 35.5. The molecule has 2 atom stereocenters. The van der Waals surface area contributed by atoms with Crippen LogP contribution in [0, 0.1) is 23.2 Å². The summed E-state index contributed by atoms with van der Waals surface area (Å²) in [6.45, 7) is 6.43. The quantitative estimate of drug-likeness (QED) is 0.265. The first-order valence-corrected chi connectivity index (χ1v) is 20.4. The Bertz CT molecular complexity index is 2080. The van der Waals surface area contributed by atoms with Crippen LogP contribution in [-0.2, 0) is 9.59 Å². The van der Waals surface area contributed by atoms with Gasteiger partial charge in [-0.1, -0.05) is 11.6 Å². The molecule has 5 aliphatic rings. The molecule has 5 heterocycles. The van der Waals surface area contributed by atoms with Gasteiger partial charge in [-0.25, -0.2) is 4.98 Å². The smallest absolute Gasteiger partial charge is 0.253 e. The van der Waals surface area contributed by atoms with Crippen molar-refractivity contribution < 1.29 is 23.9 Å². The Morgan fingerprint density at radius 3 is 2.40 bits per heavy atom. The number of aromatic nitrogens is 1. The van der Waals surface area contributed by atoms with Gasteiger partial charge in [0.15, 0.2) is 5.78 Å². The third-order valence-electron chi connectivity index (χ3n) is 12.0. The van der Waals surface area contributed by atoms with Crippen molar-refractivity contribution in [1.82, 2.24) is 20.5 Å². The van der Waals surface area contributed by atoms with Gasteiger partial charge in [0.1, 0.15) is 23.7 Å². The van der Waals surface area contributed by atoms with Gasteiger partial charge in [-0.05, 0) is 93.3 Å². The molecule has 4 aliphatic heterocycles. The van der Waals surface area contributed by atoms with Gasteiger partial charge in [0.05, 0.1) is 33.9 Å². The van der Waals surface area contributed by atoms with Crippen molar-refractivity contribution in [2.75, 3.05) is 55.6 Å². The van der Waals surface area contributed by atoms with Crippen molar-refractivity contribution >= 4 is 52.3 Å². The SMILES string of the molecule is N#Cc1ccc(OC2CCC(NC(=O)c3ccc(N4CCC(CN5CCN(c6ccc7c(c6)C(=O)C(C6CCC(=O)NC6=O)N=N7)CC5)CC4)nc3)CC2)cc1Cl. The average molecular weight is 792 g/mol. The lowest BCUT2D eigenvalue weighted by atomic mass is 9.85. The van der Waals surface area contributed by atoms with Gasteiger partial charge in [-0.15, -0.1) is 0 Å². The molecule has 3 amide bonds. The molecule has 0 spiro atoms. The minimum atomic E-state index is -0.904. The van der Waals surface area contributed by atoms with Crippen LogP contribution in [0.2, 0.25) is 5.02 Å². The van der Waals surface area contributed by atoms with E-state index in [1.54, 1.807) is 24.4 Å². The number of hydrogen-bond acceptors (Lipinski definition) is 12. The number of ether oxygens (including phenoxy) is 1. The zero-order valence-electron chi connectivity index (χ0n) is 31.7. The molecule has 3 saturated heterocycles. The second-order valence-electron chi connectivity index (χ2n) is 15.7. The number of imide groups is 1. The minimum absolute atomic E-state index is 0.0392. The van der Waals surface area contributed by atoms with Gasteiger partial charge >= 0.3 is 0 Å². The van der Waals surface area contributed by atoms with Crippen LogP contribution in [0.25, 0.3) is 0 Å². The van der Waals surface area contributed by atoms with Gasteiger partial charge in [0, 0.05) is 81.8 Å². The van der Waals surface area contributed by atoms with E-state index < -0.39 is 17.9 Å². The number of carbonyl (C=O) groups excluding carboxylic acids is 4. The molecule has 0 bridgehead atoms. The number of anilines is 2. The number of benzene rings is 2. The first-order chi connectivity index (χ1) is 27.7. The molecular formula is C42H46ClN9O5. The molecule has 2 aromatic carbocycles. The fourth-order valence-electron chi connectivity index (χ4n) is 8.67. The Morgan fingerprint density at radius 2 is 1.70 bits per heavy atom. The van der Waals surface area contributed by atoms with E-state index >= 15 is 0 Å². The Morgan fingerprint density at radius 1 is 0.912 bits per heavy atom. The first kappa shape index (κ1) is 38.5. The molecule has 2 unspecified atom stereocenters. The number of ketones is 1. The lowest BCUT2D eigenvalue weighted by Crippen LogP contribution is -2.49. The normalized spacial score (nSPS) is 24.4. The van der Waals surface area contributed by atoms with Crippen LogP contribution < -0.4 is 25.2 Å². The maximum atomic E-state index is 13.5. The molecule has 14 nitrogen and oxygen atoms in total. The Kier molecular flexibility index (Phi) is 11.5. The Labute approximate surface area is 336 Å². The molecule has 8 rings (SSSR count). The van der Waals surface area contributed by atoms with Crippen molar-refractivity contribution in [3.63, 3.8) is 0 Å². The lowest BCUT2D eigenvalue weighted by molar-refractivity contribution is -0.136. The average Bonchev–Trinajstić information content (AvgIpc) is 3.23. The number of piperazine rings is 1. The zero-order valence-corrected chi connectivity index (χ0v) is 32.5. The van der Waals surface area contributed by atoms with E-state index in [1.165, 1.54) is 0 Å². The third-order valence-corrected chi connectivity index (χ3v) is 12.4. The monoisotopic (exact) mass is 791 g/mol. The summed E-state index contributed by atoms with van der Waals surface area (Å²) in [6.07, 6.45) is 7.62. The minimum Gasteiger partial charge on any atom is -0.490 e. The van der Waals surface area contributed by atoms with E-state index in [0.717, 1.165) is 95.8 Å². The topological polar surface area (TPSA) is 173 Å². The van der Waals surface area contributed by atoms with Crippen molar-refractivity contribution in [2.45, 2.75) is 69.6 Å². The summed E-state index contributed by atoms with van der Waals surface area (Å²) < 4.78 is 6.09. The van der Waals surface area contributed by atoms with Gasteiger partial charge in [0.25, 0.3) is 5.91 Å². The van der Waals surface area contributed by atoms with Crippen LogP contribution in [0.15, 0.2) is 65.0 Å². The zero-order chi connectivity index (χ0) is 39.5. The maximum absolute atomic E-state index is 13.5. The number of halogens is 1. The predicted octanol–water partition coefficient (Wildman–Crippen LogP) is 5.47. The van der Waals surface area contributed by atoms with E-state index in [9.17, 15) is 19.2 Å². The Balaban J connectivity index is 0.752. The van der Waals surface area contributed by atoms with E-state index in [1.807, 2.05) is 30.3 Å². The largest absolute Gasteiger partial charge is 0.490 e. The number of pyridine rings is 1. The number of Topliss-reactive ketones (excluding diaryl/α,β-unsaturated/α-hetero) is 1. The third kappa shape index (κ3) is 8.79. The number of fused-ring (bicyclic) bond motifs is 1. The van der Waals surface area contributed by atoms with Crippen LogP contribution in [0.1, 0.15) is 77.6 Å². The number of rotatable bonds is 9. The molecule has 1 aromatic heterocycles. The summed E-state index contributed by atoms with van der Waals surface area (Å²) in [5, 5.41) is 23.4. The number of amides is 3. The number of piperidine rings is 2. The molecule has 1 saturated carbocycles. The standard InChI is InChI=1S/C42H46ClN9O5/c43-35-22-32(6-1-27(35)23-44)57-31-7-3-29(4-8-31)46-41(55)28-2-11-37(45-24-28)52-15-13-26(14-16-52)25-50-17-19-51(20-18-50)30-5-10-36-34(21-30)40(54)39(49-48-36)33-9-12-38(53)47-42(33)56/h1-2,5-6,10-11,21-22,24,26,29,31,33,39H,3-4,7-9,12-20,25H2,(H,46,55)(H,47,53,56). The highest BCUT2D eigenvalue weighted by molar-refractivity contribution is 6.31. The summed E-state index contributed by atoms with van der Waals surface area (Å²) >= 11 is 6.15. The number of azo groups is 1. The van der Waals surface area contributed by atoms with E-state index in [0.29, 0.717) is 45.5 Å². The molecule has 3 aromatic rings. The molecule has 15 heteroatoms. The van der Waals surface area contributed by atoms with Gasteiger partial charge in [0.2, 0.25) is 11.8 Å². The predicted molar refractivity (Wildman–Crippen MR) is 213 cm³/mol. The second kappa shape index (κ2) is 17.0. The summed E-state index contributed by atoms with van der Waals surface area (Å²) in [5.41, 5.74) is 2.94. The highest BCUT2D eigenvalue weighted by Crippen LogP contribution is 2.35. The van der Waals surface area contributed by atoms with Crippen molar-refractivity contribution in [1.29, 1.82) is 5.26 Å². The van der Waals surface area contributed by atoms with Crippen LogP contribution in [0.4, 0.5) is 17.2 Å². The first-order valence-electron chi connectivity index (χ1n) is 20.0. The van der Waals surface area contributed by atoms with Crippen LogP contribution >= 0.6 is 11.6 Å². The summed E-state index contributed by atoms with van der Waals surface area (Å²) in [7, 11) is 0. The van der Waals surface area contributed by atoms with Gasteiger partial charge < -0.3 is 19.9 Å². The molecule has 0 radical (unpaired) electrons. The fraction of sp³-hybridized carbons (Fsp3) is 0.476. The Hall–Kier alpha value is -5.39. The maximum Gasteiger partial charge on any atom is 0.253 e. The van der Waals surface area contributed by atoms with E-state index in [4.69, 9.17) is 21.6 Å². The number of nitriles is 1. The van der Waals surface area contributed by atoms with Crippen molar-refractivity contribution in [3.05, 3.63) is 76.4 Å². The van der Waals surface area contributed by atoms with E-state index in [-0.39, 0.29) is 36.2 Å². The fourth-order valence-corrected chi connectivity index (χ4v) is 8.88. The molecule has 57 heavy (non-hydrogen) atoms. The summed E-state index contributed by atoms with van der Waals surface area (Å²) in [6, 6.07) is 15.9. The van der Waals surface area contributed by atoms with E-state index in [2.05, 4.69) is 46.6 Å². The van der Waals surface area contributed by atoms with Crippen molar-refractivity contribution in [3.8, 4) is 11.8 Å². The summed E-state index contributed by atoms with van der Waals surface area (Å²) in [5.74, 6) is 0.354. The lowest BCUT2D eigenvalue weighted by Gasteiger charge is -2.40. The molecular weight excluding hydrogens is 746 g/mol. The second-order valence-corrected chi connectivity index (χ2v) is 16.1.